The summed E-state index contributed by atoms with van der Waals surface area (Å²) in [6, 6.07) is 0. The number of rotatable bonds is 8. The number of hydrogen-bond donors (Lipinski definition) is 4. The minimum Gasteiger partial charge on any atom is -0.478 e. The number of carboxylic acid groups (broad SMARTS) is 1. The summed E-state index contributed by atoms with van der Waals surface area (Å²) < 4.78 is 0. The van der Waals surface area contributed by atoms with Crippen LogP contribution in [-0.2, 0) is 4.79 Å². The summed E-state index contributed by atoms with van der Waals surface area (Å²) in [5, 5.41) is 37.3. The van der Waals surface area contributed by atoms with Gasteiger partial charge in [-0.1, -0.05) is 42.0 Å². The maximum atomic E-state index is 10.5. The van der Waals surface area contributed by atoms with Crippen molar-refractivity contribution in [3.8, 4) is 0 Å². The van der Waals surface area contributed by atoms with E-state index in [0.717, 1.165) is 35.6 Å². The fourth-order valence-corrected chi connectivity index (χ4v) is 2.36. The van der Waals surface area contributed by atoms with Crippen LogP contribution in [0.15, 0.2) is 59.3 Å². The lowest BCUT2D eigenvalue weighted by atomic mass is 10.0. The molecule has 3 atom stereocenters. The summed E-state index contributed by atoms with van der Waals surface area (Å²) in [5.74, 6) is -0.953. The molecule has 0 aromatic carbocycles. The number of carbonyl (C=O) groups is 1. The van der Waals surface area contributed by atoms with E-state index in [1.165, 1.54) is 0 Å². The van der Waals surface area contributed by atoms with Crippen molar-refractivity contribution in [1.82, 2.24) is 0 Å². The molecular weight excluding hydrogens is 308 g/mol. The number of aliphatic hydroxyl groups excluding tert-OH is 3. The van der Waals surface area contributed by atoms with Crippen LogP contribution in [0.25, 0.3) is 0 Å². The highest BCUT2D eigenvalue weighted by Crippen LogP contribution is 2.24. The van der Waals surface area contributed by atoms with Crippen LogP contribution in [0.1, 0.15) is 33.1 Å². The Bertz CT molecular complexity index is 579. The van der Waals surface area contributed by atoms with Crippen LogP contribution < -0.4 is 0 Å². The summed E-state index contributed by atoms with van der Waals surface area (Å²) in [6.07, 6.45) is 11.0. The third-order valence-corrected chi connectivity index (χ3v) is 3.59. The maximum Gasteiger partial charge on any atom is 0.328 e. The van der Waals surface area contributed by atoms with Crippen molar-refractivity contribution in [1.29, 1.82) is 0 Å². The van der Waals surface area contributed by atoms with E-state index in [1.54, 1.807) is 19.1 Å². The molecule has 0 amide bonds. The largest absolute Gasteiger partial charge is 0.478 e. The highest BCUT2D eigenvalue weighted by atomic mass is 16.4. The zero-order valence-corrected chi connectivity index (χ0v) is 14.1. The van der Waals surface area contributed by atoms with Crippen LogP contribution in [0, 0.1) is 0 Å². The number of aliphatic carboxylic acids is 1. The van der Waals surface area contributed by atoms with Gasteiger partial charge in [-0.05, 0) is 37.8 Å². The molecule has 1 aliphatic carbocycles. The highest BCUT2D eigenvalue weighted by molar-refractivity contribution is 5.80. The van der Waals surface area contributed by atoms with Crippen molar-refractivity contribution < 1.29 is 25.2 Å². The van der Waals surface area contributed by atoms with Gasteiger partial charge in [-0.2, -0.15) is 0 Å². The van der Waals surface area contributed by atoms with Crippen LogP contribution in [0.2, 0.25) is 0 Å². The molecule has 0 aromatic heterocycles. The molecule has 0 saturated heterocycles. The first-order chi connectivity index (χ1) is 11.3. The average molecular weight is 334 g/mol. The van der Waals surface area contributed by atoms with Crippen LogP contribution in [0.3, 0.4) is 0 Å². The summed E-state index contributed by atoms with van der Waals surface area (Å²) in [5.41, 5.74) is 2.90. The van der Waals surface area contributed by atoms with Crippen molar-refractivity contribution in [2.75, 3.05) is 0 Å². The summed E-state index contributed by atoms with van der Waals surface area (Å²) in [6.45, 7) is 3.38. The SMILES string of the molecule is C/C(C=CC=C1C=C(/C=C/C(=O)O)CC1)=C\C(O)C(O)CC(C)O. The number of hydrogen-bond acceptors (Lipinski definition) is 4. The Hall–Kier alpha value is -1.95. The van der Waals surface area contributed by atoms with Crippen molar-refractivity contribution >= 4 is 5.97 Å². The Morgan fingerprint density at radius 1 is 1.25 bits per heavy atom. The van der Waals surface area contributed by atoms with Crippen LogP contribution >= 0.6 is 0 Å². The first-order valence-electron chi connectivity index (χ1n) is 7.99. The van der Waals surface area contributed by atoms with Crippen molar-refractivity contribution in [3.05, 3.63) is 59.3 Å². The second-order valence-corrected chi connectivity index (χ2v) is 6.04. The summed E-state index contributed by atoms with van der Waals surface area (Å²) >= 11 is 0. The Balaban J connectivity index is 2.59. The molecule has 3 unspecified atom stereocenters. The molecule has 0 fully saturated rings. The monoisotopic (exact) mass is 334 g/mol. The van der Waals surface area contributed by atoms with Gasteiger partial charge in [0.05, 0.1) is 18.3 Å². The molecule has 132 valence electrons. The topological polar surface area (TPSA) is 98.0 Å². The molecule has 1 rings (SSSR count). The van der Waals surface area contributed by atoms with Gasteiger partial charge in [0.2, 0.25) is 0 Å². The Morgan fingerprint density at radius 3 is 2.58 bits per heavy atom. The van der Waals surface area contributed by atoms with E-state index in [0.29, 0.717) is 0 Å². The quantitative estimate of drug-likeness (QED) is 0.403. The highest BCUT2D eigenvalue weighted by Gasteiger charge is 2.15. The molecule has 4 N–H and O–H groups in total. The minimum atomic E-state index is -1.02. The zero-order valence-electron chi connectivity index (χ0n) is 14.1. The average Bonchev–Trinajstić information content (AvgIpc) is 2.92. The smallest absolute Gasteiger partial charge is 0.328 e. The van der Waals surface area contributed by atoms with Gasteiger partial charge >= 0.3 is 5.97 Å². The predicted octanol–water partition coefficient (Wildman–Crippen LogP) is 2.27. The second-order valence-electron chi connectivity index (χ2n) is 6.04. The summed E-state index contributed by atoms with van der Waals surface area (Å²) in [4.78, 5) is 10.5. The first kappa shape index (κ1) is 20.1. The fourth-order valence-electron chi connectivity index (χ4n) is 2.36. The van der Waals surface area contributed by atoms with Gasteiger partial charge in [-0.15, -0.1) is 0 Å². The summed E-state index contributed by atoms with van der Waals surface area (Å²) in [7, 11) is 0. The fraction of sp³-hybridized carbons (Fsp3) is 0.421. The van der Waals surface area contributed by atoms with Gasteiger partial charge in [0.1, 0.15) is 0 Å². The van der Waals surface area contributed by atoms with Crippen LogP contribution in [0.5, 0.6) is 0 Å². The first-order valence-corrected chi connectivity index (χ1v) is 7.99. The molecule has 0 aromatic rings. The van der Waals surface area contributed by atoms with Gasteiger partial charge in [-0.25, -0.2) is 4.79 Å². The van der Waals surface area contributed by atoms with E-state index in [9.17, 15) is 20.1 Å². The molecule has 0 aliphatic heterocycles. The van der Waals surface area contributed by atoms with E-state index >= 15 is 0 Å². The molecular formula is C19H26O5. The molecule has 0 spiro atoms. The lowest BCUT2D eigenvalue weighted by molar-refractivity contribution is -0.131. The van der Waals surface area contributed by atoms with E-state index in [-0.39, 0.29) is 6.42 Å². The second kappa shape index (κ2) is 10.0. The molecule has 5 heteroatoms. The molecule has 0 radical (unpaired) electrons. The Labute approximate surface area is 142 Å². The number of carboxylic acids is 1. The van der Waals surface area contributed by atoms with E-state index in [1.807, 2.05) is 31.2 Å². The molecule has 0 heterocycles. The Kier molecular flexibility index (Phi) is 8.40. The maximum absolute atomic E-state index is 10.5. The zero-order chi connectivity index (χ0) is 18.1. The normalized spacial score (nSPS) is 21.5. The standard InChI is InChI=1S/C19H26O5/c1-13(10-17(21)18(22)11-14(2)20)4-3-5-15-6-7-16(12-15)8-9-19(23)24/h3-5,8-10,12,14,17-18,20-22H,6-7,11H2,1-2H3,(H,23,24)/b4-3?,9-8+,13-10+,15-5?. The molecule has 0 saturated carbocycles. The van der Waals surface area contributed by atoms with Crippen molar-refractivity contribution in [2.24, 2.45) is 0 Å². The lowest BCUT2D eigenvalue weighted by Crippen LogP contribution is -2.27. The Morgan fingerprint density at radius 2 is 1.96 bits per heavy atom. The van der Waals surface area contributed by atoms with Gasteiger partial charge in [0, 0.05) is 12.5 Å². The number of aliphatic hydroxyl groups is 3. The minimum absolute atomic E-state index is 0.121. The third-order valence-electron chi connectivity index (χ3n) is 3.59. The number of allylic oxidation sites excluding steroid dienone is 8. The molecule has 1 aliphatic rings. The van der Waals surface area contributed by atoms with Crippen molar-refractivity contribution in [2.45, 2.75) is 51.4 Å². The van der Waals surface area contributed by atoms with Crippen LogP contribution in [-0.4, -0.2) is 44.7 Å². The molecule has 0 bridgehead atoms. The molecule has 5 nitrogen and oxygen atoms in total. The van der Waals surface area contributed by atoms with E-state index in [2.05, 4.69) is 0 Å². The van der Waals surface area contributed by atoms with Crippen LogP contribution in [0.4, 0.5) is 0 Å². The molecule has 24 heavy (non-hydrogen) atoms. The van der Waals surface area contributed by atoms with Gasteiger partial charge < -0.3 is 20.4 Å². The lowest BCUT2D eigenvalue weighted by Gasteiger charge is -2.16. The van der Waals surface area contributed by atoms with Gasteiger partial charge in [0.25, 0.3) is 0 Å². The van der Waals surface area contributed by atoms with E-state index in [4.69, 9.17) is 5.11 Å². The van der Waals surface area contributed by atoms with Gasteiger partial charge in [0.15, 0.2) is 0 Å². The predicted molar refractivity (Wildman–Crippen MR) is 93.4 cm³/mol. The van der Waals surface area contributed by atoms with Crippen molar-refractivity contribution in [3.63, 3.8) is 0 Å². The van der Waals surface area contributed by atoms with E-state index < -0.39 is 24.3 Å². The van der Waals surface area contributed by atoms with Gasteiger partial charge in [-0.3, -0.25) is 0 Å². The third kappa shape index (κ3) is 8.06.